The molecule has 0 aliphatic carbocycles. The molecule has 0 bridgehead atoms. The predicted octanol–water partition coefficient (Wildman–Crippen LogP) is 1.87. The largest absolute Gasteiger partial charge is 0.355 e. The van der Waals surface area contributed by atoms with E-state index in [4.69, 9.17) is 11.6 Å². The van der Waals surface area contributed by atoms with Crippen LogP contribution in [0.5, 0.6) is 0 Å². The fraction of sp³-hybridized carbons (Fsp3) is 0.875. The highest BCUT2D eigenvalue weighted by Gasteiger charge is 2.16. The van der Waals surface area contributed by atoms with Crippen LogP contribution in [0.3, 0.4) is 0 Å². The van der Waals surface area contributed by atoms with Gasteiger partial charge in [0.05, 0.1) is 0 Å². The molecule has 0 aliphatic heterocycles. The second-order valence-electron chi connectivity index (χ2n) is 3.18. The van der Waals surface area contributed by atoms with Crippen LogP contribution in [0.2, 0.25) is 0 Å². The summed E-state index contributed by atoms with van der Waals surface area (Å²) in [5.41, 5.74) is 0. The summed E-state index contributed by atoms with van der Waals surface area (Å²) in [6, 6.07) is 0. The summed E-state index contributed by atoms with van der Waals surface area (Å²) in [4.78, 5) is 11.0. The molecule has 0 unspecified atom stereocenters. The SMILES string of the molecule is CSC(C)(C)CNC(=O)CCCl. The normalized spacial score (nSPS) is 11.3. The van der Waals surface area contributed by atoms with Crippen LogP contribution in [0.1, 0.15) is 20.3 Å². The highest BCUT2D eigenvalue weighted by Crippen LogP contribution is 2.19. The van der Waals surface area contributed by atoms with E-state index in [0.29, 0.717) is 18.8 Å². The molecule has 4 heteroatoms. The summed E-state index contributed by atoms with van der Waals surface area (Å²) in [5, 5.41) is 2.83. The third-order valence-electron chi connectivity index (χ3n) is 1.59. The van der Waals surface area contributed by atoms with E-state index in [1.165, 1.54) is 0 Å². The van der Waals surface area contributed by atoms with Crippen LogP contribution in [-0.2, 0) is 4.79 Å². The number of halogens is 1. The second kappa shape index (κ2) is 5.70. The summed E-state index contributed by atoms with van der Waals surface area (Å²) in [6.45, 7) is 4.89. The monoisotopic (exact) mass is 209 g/mol. The van der Waals surface area contributed by atoms with E-state index in [2.05, 4.69) is 19.2 Å². The minimum atomic E-state index is 0.0344. The Morgan fingerprint density at radius 2 is 2.17 bits per heavy atom. The molecule has 0 aromatic heterocycles. The van der Waals surface area contributed by atoms with Crippen molar-refractivity contribution in [1.29, 1.82) is 0 Å². The Bertz CT molecular complexity index is 150. The number of carbonyl (C=O) groups is 1. The molecule has 0 aromatic rings. The van der Waals surface area contributed by atoms with Gasteiger partial charge < -0.3 is 5.32 Å². The fourth-order valence-corrected chi connectivity index (χ4v) is 0.946. The summed E-state index contributed by atoms with van der Waals surface area (Å²) in [6.07, 6.45) is 2.44. The number of hydrogen-bond acceptors (Lipinski definition) is 2. The number of hydrogen-bond donors (Lipinski definition) is 1. The molecule has 0 aliphatic rings. The number of rotatable bonds is 5. The molecule has 0 atom stereocenters. The molecule has 1 N–H and O–H groups in total. The maximum atomic E-state index is 11.0. The standard InChI is InChI=1S/C8H16ClNOS/c1-8(2,12-3)6-10-7(11)4-5-9/h4-6H2,1-3H3,(H,10,11). The first-order valence-corrected chi connectivity index (χ1v) is 5.65. The number of nitrogens with one attached hydrogen (secondary N) is 1. The molecule has 0 aromatic carbocycles. The molecule has 72 valence electrons. The van der Waals surface area contributed by atoms with E-state index in [1.54, 1.807) is 11.8 Å². The quantitative estimate of drug-likeness (QED) is 0.701. The molecule has 0 saturated heterocycles. The molecule has 2 nitrogen and oxygen atoms in total. The van der Waals surface area contributed by atoms with Crippen molar-refractivity contribution in [3.8, 4) is 0 Å². The van der Waals surface area contributed by atoms with Crippen molar-refractivity contribution in [3.05, 3.63) is 0 Å². The number of carbonyl (C=O) groups excluding carboxylic acids is 1. The van der Waals surface area contributed by atoms with E-state index in [-0.39, 0.29) is 10.7 Å². The van der Waals surface area contributed by atoms with Gasteiger partial charge in [-0.2, -0.15) is 11.8 Å². The molecular formula is C8H16ClNOS. The molecule has 12 heavy (non-hydrogen) atoms. The first kappa shape index (κ1) is 12.1. The maximum absolute atomic E-state index is 11.0. The van der Waals surface area contributed by atoms with Gasteiger partial charge in [0.25, 0.3) is 0 Å². The van der Waals surface area contributed by atoms with Crippen LogP contribution in [0.4, 0.5) is 0 Å². The third-order valence-corrected chi connectivity index (χ3v) is 3.02. The van der Waals surface area contributed by atoms with Gasteiger partial charge in [0, 0.05) is 23.6 Å². The lowest BCUT2D eigenvalue weighted by Gasteiger charge is -2.21. The van der Waals surface area contributed by atoms with E-state index in [9.17, 15) is 4.79 Å². The van der Waals surface area contributed by atoms with Crippen LogP contribution >= 0.6 is 23.4 Å². The first-order chi connectivity index (χ1) is 5.52. The first-order valence-electron chi connectivity index (χ1n) is 3.89. The minimum absolute atomic E-state index is 0.0344. The molecule has 0 fully saturated rings. The second-order valence-corrected chi connectivity index (χ2v) is 5.07. The highest BCUT2D eigenvalue weighted by atomic mass is 35.5. The lowest BCUT2D eigenvalue weighted by atomic mass is 10.2. The van der Waals surface area contributed by atoms with Crippen molar-refractivity contribution < 1.29 is 4.79 Å². The Morgan fingerprint density at radius 1 is 1.58 bits per heavy atom. The van der Waals surface area contributed by atoms with Gasteiger partial charge in [-0.05, 0) is 20.1 Å². The molecule has 0 rings (SSSR count). The van der Waals surface area contributed by atoms with Crippen LogP contribution in [-0.4, -0.2) is 29.3 Å². The zero-order valence-electron chi connectivity index (χ0n) is 7.82. The summed E-state index contributed by atoms with van der Waals surface area (Å²) in [5.74, 6) is 0.429. The number of amides is 1. The number of alkyl halides is 1. The predicted molar refractivity (Wildman–Crippen MR) is 55.9 cm³/mol. The van der Waals surface area contributed by atoms with Crippen molar-refractivity contribution in [2.24, 2.45) is 0 Å². The Hall–Kier alpha value is 0.110. The summed E-state index contributed by atoms with van der Waals surface area (Å²) < 4.78 is 0.113. The molecule has 1 amide bonds. The molecule has 0 spiro atoms. The van der Waals surface area contributed by atoms with Crippen molar-refractivity contribution in [3.63, 3.8) is 0 Å². The van der Waals surface area contributed by atoms with Crippen molar-refractivity contribution in [2.45, 2.75) is 25.0 Å². The van der Waals surface area contributed by atoms with Gasteiger partial charge in [0.2, 0.25) is 5.91 Å². The Balaban J connectivity index is 3.60. The Kier molecular flexibility index (Phi) is 5.76. The van der Waals surface area contributed by atoms with Gasteiger partial charge in [0.1, 0.15) is 0 Å². The van der Waals surface area contributed by atoms with Gasteiger partial charge in [-0.3, -0.25) is 4.79 Å². The fourth-order valence-electron chi connectivity index (χ4n) is 0.558. The van der Waals surface area contributed by atoms with E-state index < -0.39 is 0 Å². The Morgan fingerprint density at radius 3 is 2.58 bits per heavy atom. The topological polar surface area (TPSA) is 29.1 Å². The third kappa shape index (κ3) is 5.72. The maximum Gasteiger partial charge on any atom is 0.221 e. The zero-order chi connectivity index (χ0) is 9.61. The van der Waals surface area contributed by atoms with Crippen molar-refractivity contribution in [1.82, 2.24) is 5.32 Å². The van der Waals surface area contributed by atoms with Crippen molar-refractivity contribution in [2.75, 3.05) is 18.7 Å². The smallest absolute Gasteiger partial charge is 0.221 e. The Labute approximate surface area is 83.4 Å². The average Bonchev–Trinajstić information content (AvgIpc) is 2.02. The summed E-state index contributed by atoms with van der Waals surface area (Å²) in [7, 11) is 0. The van der Waals surface area contributed by atoms with E-state index >= 15 is 0 Å². The average molecular weight is 210 g/mol. The molecule has 0 radical (unpaired) electrons. The van der Waals surface area contributed by atoms with E-state index in [1.807, 2.05) is 6.26 Å². The van der Waals surface area contributed by atoms with Crippen LogP contribution < -0.4 is 5.32 Å². The van der Waals surface area contributed by atoms with Crippen LogP contribution in [0, 0.1) is 0 Å². The van der Waals surface area contributed by atoms with Gasteiger partial charge in [0.15, 0.2) is 0 Å². The van der Waals surface area contributed by atoms with Gasteiger partial charge in [-0.15, -0.1) is 11.6 Å². The van der Waals surface area contributed by atoms with Gasteiger partial charge >= 0.3 is 0 Å². The van der Waals surface area contributed by atoms with Crippen LogP contribution in [0.15, 0.2) is 0 Å². The zero-order valence-corrected chi connectivity index (χ0v) is 9.39. The minimum Gasteiger partial charge on any atom is -0.355 e. The van der Waals surface area contributed by atoms with Gasteiger partial charge in [-0.25, -0.2) is 0 Å². The molecular weight excluding hydrogens is 194 g/mol. The van der Waals surface area contributed by atoms with Gasteiger partial charge in [-0.1, -0.05) is 0 Å². The molecule has 0 saturated carbocycles. The molecule has 0 heterocycles. The lowest BCUT2D eigenvalue weighted by molar-refractivity contribution is -0.120. The summed E-state index contributed by atoms with van der Waals surface area (Å²) >= 11 is 7.15. The number of thioether (sulfide) groups is 1. The van der Waals surface area contributed by atoms with E-state index in [0.717, 1.165) is 0 Å². The van der Waals surface area contributed by atoms with Crippen molar-refractivity contribution >= 4 is 29.3 Å². The van der Waals surface area contributed by atoms with Crippen LogP contribution in [0.25, 0.3) is 0 Å². The lowest BCUT2D eigenvalue weighted by Crippen LogP contribution is -2.36. The highest BCUT2D eigenvalue weighted by molar-refractivity contribution is 7.99.